The number of rotatable bonds is 4. The number of hydrogen-bond donors (Lipinski definition) is 2. The van der Waals surface area contributed by atoms with Gasteiger partial charge in [-0.15, -0.1) is 0 Å². The maximum atomic E-state index is 8.84. The summed E-state index contributed by atoms with van der Waals surface area (Å²) in [6, 6.07) is 14.5. The lowest BCUT2D eigenvalue weighted by atomic mass is 10.2. The lowest BCUT2D eigenvalue weighted by molar-refractivity contribution is 1.06. The van der Waals surface area contributed by atoms with Crippen LogP contribution in [-0.2, 0) is 0 Å². The molecule has 0 radical (unpaired) electrons. The van der Waals surface area contributed by atoms with Gasteiger partial charge in [0, 0.05) is 5.69 Å². The molecule has 25 heavy (non-hydrogen) atoms. The van der Waals surface area contributed by atoms with Crippen LogP contribution < -0.4 is 10.6 Å². The number of benzene rings is 2. The number of nitrogens with zero attached hydrogens (tertiary/aromatic N) is 4. The molecule has 124 valence electrons. The van der Waals surface area contributed by atoms with Gasteiger partial charge in [0.1, 0.15) is 0 Å². The fourth-order valence-electron chi connectivity index (χ4n) is 2.12. The Balaban J connectivity index is 1.86. The molecule has 0 aliphatic heterocycles. The summed E-state index contributed by atoms with van der Waals surface area (Å²) in [7, 11) is 0. The number of halogens is 2. The Hall–Kier alpha value is -2.88. The molecular weight excluding hydrogens is 359 g/mol. The van der Waals surface area contributed by atoms with E-state index in [1.54, 1.807) is 30.3 Å². The number of aryl methyl sites for hydroxylation is 1. The first-order valence-corrected chi connectivity index (χ1v) is 8.01. The molecule has 3 rings (SSSR count). The van der Waals surface area contributed by atoms with Crippen molar-refractivity contribution in [3.63, 3.8) is 0 Å². The van der Waals surface area contributed by atoms with Crippen molar-refractivity contribution in [2.75, 3.05) is 10.6 Å². The fraction of sp³-hybridized carbons (Fsp3) is 0.0588. The molecule has 0 saturated carbocycles. The highest BCUT2D eigenvalue weighted by atomic mass is 35.5. The molecule has 0 atom stereocenters. The van der Waals surface area contributed by atoms with Gasteiger partial charge >= 0.3 is 0 Å². The summed E-state index contributed by atoms with van der Waals surface area (Å²) in [5, 5.41) is 15.5. The standard InChI is InChI=1S/C17H12Cl2N6/c1-10-3-2-4-13(18)14(10)22-17-24-15(19)23-16(25-17)21-12-7-5-11(9-20)6-8-12/h2-8H,1H3,(H2,21,22,23,24,25). The summed E-state index contributed by atoms with van der Waals surface area (Å²) >= 11 is 12.2. The van der Waals surface area contributed by atoms with Crippen LogP contribution in [0.2, 0.25) is 10.3 Å². The molecule has 0 saturated heterocycles. The van der Waals surface area contributed by atoms with Crippen molar-refractivity contribution in [2.24, 2.45) is 0 Å². The summed E-state index contributed by atoms with van der Waals surface area (Å²) in [4.78, 5) is 12.4. The maximum absolute atomic E-state index is 8.84. The summed E-state index contributed by atoms with van der Waals surface area (Å²) in [6.45, 7) is 1.92. The second-order valence-electron chi connectivity index (χ2n) is 5.12. The van der Waals surface area contributed by atoms with E-state index in [-0.39, 0.29) is 17.2 Å². The van der Waals surface area contributed by atoms with Gasteiger partial charge in [-0.05, 0) is 54.4 Å². The normalized spacial score (nSPS) is 10.2. The Bertz CT molecular complexity index is 930. The van der Waals surface area contributed by atoms with E-state index in [9.17, 15) is 0 Å². The van der Waals surface area contributed by atoms with Gasteiger partial charge in [-0.1, -0.05) is 23.7 Å². The topological polar surface area (TPSA) is 86.5 Å². The first-order valence-electron chi connectivity index (χ1n) is 7.26. The Labute approximate surface area is 154 Å². The van der Waals surface area contributed by atoms with E-state index in [2.05, 4.69) is 31.7 Å². The number of hydrogen-bond acceptors (Lipinski definition) is 6. The minimum absolute atomic E-state index is 0.0401. The monoisotopic (exact) mass is 370 g/mol. The minimum Gasteiger partial charge on any atom is -0.324 e. The Morgan fingerprint density at radius 1 is 0.920 bits per heavy atom. The predicted octanol–water partition coefficient (Wildman–Crippen LogP) is 4.85. The van der Waals surface area contributed by atoms with E-state index in [0.717, 1.165) is 11.3 Å². The Morgan fingerprint density at radius 3 is 2.24 bits per heavy atom. The molecule has 0 unspecified atom stereocenters. The van der Waals surface area contributed by atoms with Crippen molar-refractivity contribution in [3.8, 4) is 6.07 Å². The molecule has 0 fully saturated rings. The molecule has 0 aliphatic carbocycles. The highest BCUT2D eigenvalue weighted by Gasteiger charge is 2.09. The van der Waals surface area contributed by atoms with Gasteiger partial charge in [-0.3, -0.25) is 0 Å². The van der Waals surface area contributed by atoms with Crippen LogP contribution in [0.1, 0.15) is 11.1 Å². The van der Waals surface area contributed by atoms with Crippen LogP contribution in [0.15, 0.2) is 42.5 Å². The van der Waals surface area contributed by atoms with E-state index in [0.29, 0.717) is 16.3 Å². The van der Waals surface area contributed by atoms with Gasteiger partial charge in [0.05, 0.1) is 22.3 Å². The van der Waals surface area contributed by atoms with Gasteiger partial charge in [-0.25, -0.2) is 0 Å². The number of anilines is 4. The summed E-state index contributed by atoms with van der Waals surface area (Å²) in [6.07, 6.45) is 0. The lowest BCUT2D eigenvalue weighted by Gasteiger charge is -2.11. The van der Waals surface area contributed by atoms with Crippen molar-refractivity contribution >= 4 is 46.5 Å². The molecule has 0 amide bonds. The zero-order valence-corrected chi connectivity index (χ0v) is 14.6. The van der Waals surface area contributed by atoms with E-state index in [1.807, 2.05) is 19.1 Å². The molecule has 0 bridgehead atoms. The van der Waals surface area contributed by atoms with Crippen molar-refractivity contribution in [1.29, 1.82) is 5.26 Å². The first-order chi connectivity index (χ1) is 12.0. The smallest absolute Gasteiger partial charge is 0.233 e. The zero-order valence-electron chi connectivity index (χ0n) is 13.1. The molecule has 3 aromatic rings. The van der Waals surface area contributed by atoms with Gasteiger partial charge < -0.3 is 10.6 Å². The average molecular weight is 371 g/mol. The van der Waals surface area contributed by atoms with Gasteiger partial charge in [0.15, 0.2) is 0 Å². The van der Waals surface area contributed by atoms with Crippen molar-refractivity contribution in [2.45, 2.75) is 6.92 Å². The highest BCUT2D eigenvalue weighted by molar-refractivity contribution is 6.33. The molecule has 1 heterocycles. The third-order valence-electron chi connectivity index (χ3n) is 3.34. The largest absolute Gasteiger partial charge is 0.324 e. The molecule has 0 spiro atoms. The molecular formula is C17H12Cl2N6. The lowest BCUT2D eigenvalue weighted by Crippen LogP contribution is -2.05. The van der Waals surface area contributed by atoms with Crippen LogP contribution in [-0.4, -0.2) is 15.0 Å². The molecule has 6 nitrogen and oxygen atoms in total. The van der Waals surface area contributed by atoms with E-state index < -0.39 is 0 Å². The average Bonchev–Trinajstić information content (AvgIpc) is 2.58. The number of aromatic nitrogens is 3. The third-order valence-corrected chi connectivity index (χ3v) is 3.82. The summed E-state index contributed by atoms with van der Waals surface area (Å²) in [5.41, 5.74) is 2.94. The summed E-state index contributed by atoms with van der Waals surface area (Å²) < 4.78 is 0. The second-order valence-corrected chi connectivity index (χ2v) is 5.87. The Morgan fingerprint density at radius 2 is 1.60 bits per heavy atom. The van der Waals surface area contributed by atoms with E-state index in [1.165, 1.54) is 0 Å². The van der Waals surface area contributed by atoms with Crippen molar-refractivity contribution in [1.82, 2.24) is 15.0 Å². The molecule has 1 aromatic heterocycles. The first kappa shape index (κ1) is 17.0. The molecule has 2 N–H and O–H groups in total. The summed E-state index contributed by atoms with van der Waals surface area (Å²) in [5.74, 6) is 0.546. The highest BCUT2D eigenvalue weighted by Crippen LogP contribution is 2.28. The van der Waals surface area contributed by atoms with Crippen molar-refractivity contribution < 1.29 is 0 Å². The van der Waals surface area contributed by atoms with Crippen molar-refractivity contribution in [3.05, 3.63) is 63.9 Å². The van der Waals surface area contributed by atoms with Crippen LogP contribution in [0, 0.1) is 18.3 Å². The van der Waals surface area contributed by atoms with E-state index in [4.69, 9.17) is 28.5 Å². The van der Waals surface area contributed by atoms with Crippen LogP contribution >= 0.6 is 23.2 Å². The number of nitriles is 1. The molecule has 2 aromatic carbocycles. The minimum atomic E-state index is 0.0401. The second kappa shape index (κ2) is 7.34. The van der Waals surface area contributed by atoms with Gasteiger partial charge in [0.2, 0.25) is 17.2 Å². The number of para-hydroxylation sites is 1. The number of nitrogens with one attached hydrogen (secondary N) is 2. The Kier molecular flexibility index (Phi) is 4.98. The maximum Gasteiger partial charge on any atom is 0.233 e. The van der Waals surface area contributed by atoms with Crippen LogP contribution in [0.5, 0.6) is 0 Å². The van der Waals surface area contributed by atoms with Gasteiger partial charge in [-0.2, -0.15) is 20.2 Å². The SMILES string of the molecule is Cc1cccc(Cl)c1Nc1nc(Cl)nc(Nc2ccc(C#N)cc2)n1. The zero-order chi connectivity index (χ0) is 17.8. The fourth-order valence-corrected chi connectivity index (χ4v) is 2.55. The van der Waals surface area contributed by atoms with E-state index >= 15 is 0 Å². The predicted molar refractivity (Wildman–Crippen MR) is 98.7 cm³/mol. The molecule has 0 aliphatic rings. The van der Waals surface area contributed by atoms with Crippen LogP contribution in [0.4, 0.5) is 23.3 Å². The molecule has 8 heteroatoms. The van der Waals surface area contributed by atoms with Gasteiger partial charge in [0.25, 0.3) is 0 Å². The van der Waals surface area contributed by atoms with Crippen LogP contribution in [0.3, 0.4) is 0 Å². The third kappa shape index (κ3) is 4.15. The van der Waals surface area contributed by atoms with Crippen LogP contribution in [0.25, 0.3) is 0 Å². The quantitative estimate of drug-likeness (QED) is 0.682.